The van der Waals surface area contributed by atoms with E-state index in [1.54, 1.807) is 6.33 Å². The molecule has 1 aromatic carbocycles. The lowest BCUT2D eigenvalue weighted by atomic mass is 9.89. The van der Waals surface area contributed by atoms with E-state index < -0.39 is 9.84 Å². The molecule has 0 spiro atoms. The van der Waals surface area contributed by atoms with Gasteiger partial charge in [0.1, 0.15) is 29.8 Å². The summed E-state index contributed by atoms with van der Waals surface area (Å²) < 4.78 is 30.2. The first kappa shape index (κ1) is 20.5. The third-order valence-corrected chi connectivity index (χ3v) is 8.18. The van der Waals surface area contributed by atoms with Crippen molar-refractivity contribution in [2.45, 2.75) is 38.7 Å². The second-order valence-corrected chi connectivity index (χ2v) is 11.0. The third-order valence-electron chi connectivity index (χ3n) is 6.57. The van der Waals surface area contributed by atoms with Crippen LogP contribution in [-0.2, 0) is 9.84 Å². The molecule has 2 saturated heterocycles. The van der Waals surface area contributed by atoms with Crippen molar-refractivity contribution in [3.05, 3.63) is 35.2 Å². The molecule has 0 radical (unpaired) electrons. The van der Waals surface area contributed by atoms with Crippen LogP contribution < -0.4 is 20.3 Å². The second kappa shape index (κ2) is 7.94. The molecule has 2 fully saturated rings. The van der Waals surface area contributed by atoms with Crippen molar-refractivity contribution in [3.8, 4) is 5.75 Å². The Labute approximate surface area is 183 Å². The molecule has 0 saturated carbocycles. The molecule has 166 valence electrons. The predicted molar refractivity (Wildman–Crippen MR) is 121 cm³/mol. The zero-order valence-corrected chi connectivity index (χ0v) is 18.8. The van der Waals surface area contributed by atoms with Gasteiger partial charge in [0, 0.05) is 13.1 Å². The van der Waals surface area contributed by atoms with Gasteiger partial charge in [-0.25, -0.2) is 18.4 Å². The predicted octanol–water partition coefficient (Wildman–Crippen LogP) is 2.68. The van der Waals surface area contributed by atoms with E-state index >= 15 is 0 Å². The number of benzene rings is 1. The highest BCUT2D eigenvalue weighted by Crippen LogP contribution is 2.44. The number of anilines is 3. The number of hydrogen-bond donors (Lipinski definition) is 2. The van der Waals surface area contributed by atoms with Gasteiger partial charge in [0.05, 0.1) is 22.8 Å². The number of nitrogens with one attached hydrogen (secondary N) is 2. The van der Waals surface area contributed by atoms with Gasteiger partial charge >= 0.3 is 0 Å². The highest BCUT2D eigenvalue weighted by Gasteiger charge is 2.31. The molecule has 0 amide bonds. The molecule has 3 aliphatic heterocycles. The van der Waals surface area contributed by atoms with Crippen LogP contribution in [-0.4, -0.2) is 56.1 Å². The minimum absolute atomic E-state index is 0.146. The molecule has 0 bridgehead atoms. The Balaban J connectivity index is 1.51. The summed E-state index contributed by atoms with van der Waals surface area (Å²) in [5.74, 6) is 3.16. The molecule has 4 heterocycles. The molecule has 3 aliphatic rings. The van der Waals surface area contributed by atoms with E-state index in [0.29, 0.717) is 19.0 Å². The highest BCUT2D eigenvalue weighted by atomic mass is 32.2. The fourth-order valence-corrected chi connectivity index (χ4v) is 6.04. The van der Waals surface area contributed by atoms with E-state index in [0.717, 1.165) is 60.1 Å². The van der Waals surface area contributed by atoms with Crippen LogP contribution in [0.5, 0.6) is 5.75 Å². The minimum Gasteiger partial charge on any atom is -0.483 e. The van der Waals surface area contributed by atoms with E-state index in [-0.39, 0.29) is 17.6 Å². The van der Waals surface area contributed by atoms with Crippen LogP contribution in [0, 0.1) is 6.92 Å². The second-order valence-electron chi connectivity index (χ2n) is 8.72. The maximum Gasteiger partial charge on any atom is 0.153 e. The van der Waals surface area contributed by atoms with Crippen LogP contribution >= 0.6 is 0 Å². The molecule has 31 heavy (non-hydrogen) atoms. The number of piperidine rings is 1. The lowest BCUT2D eigenvalue weighted by Crippen LogP contribution is -2.41. The average Bonchev–Trinajstić information content (AvgIpc) is 2.90. The van der Waals surface area contributed by atoms with Crippen molar-refractivity contribution in [1.29, 1.82) is 0 Å². The largest absolute Gasteiger partial charge is 0.483 e. The molecule has 5 rings (SSSR count). The Morgan fingerprint density at radius 3 is 2.61 bits per heavy atom. The molecular weight excluding hydrogens is 414 g/mol. The van der Waals surface area contributed by atoms with Crippen molar-refractivity contribution in [1.82, 2.24) is 15.3 Å². The number of hydrogen-bond acceptors (Lipinski definition) is 8. The SMILES string of the molecule is Cc1cc(C2CCNCC2)cc2c1O[C@H](C)c1c(ncnc1N1CCS(=O)(=O)CC1)N2. The number of ether oxygens (including phenoxy) is 1. The molecule has 1 atom stereocenters. The van der Waals surface area contributed by atoms with Gasteiger partial charge < -0.3 is 20.3 Å². The summed E-state index contributed by atoms with van der Waals surface area (Å²) in [6.07, 6.45) is 3.56. The minimum atomic E-state index is -2.97. The lowest BCUT2D eigenvalue weighted by molar-refractivity contribution is 0.229. The lowest BCUT2D eigenvalue weighted by Gasteiger charge is -2.30. The zero-order chi connectivity index (χ0) is 21.6. The van der Waals surface area contributed by atoms with Crippen LogP contribution in [0.15, 0.2) is 18.5 Å². The summed E-state index contributed by atoms with van der Waals surface area (Å²) in [6.45, 7) is 7.06. The molecule has 9 heteroatoms. The van der Waals surface area contributed by atoms with Gasteiger partial charge in [0.15, 0.2) is 9.84 Å². The number of rotatable bonds is 2. The quantitative estimate of drug-likeness (QED) is 0.731. The van der Waals surface area contributed by atoms with Crippen LogP contribution in [0.3, 0.4) is 0 Å². The topological polar surface area (TPSA) is 96.4 Å². The smallest absolute Gasteiger partial charge is 0.153 e. The van der Waals surface area contributed by atoms with E-state index in [1.807, 2.05) is 11.8 Å². The van der Waals surface area contributed by atoms with Gasteiger partial charge in [0.25, 0.3) is 0 Å². The van der Waals surface area contributed by atoms with Crippen molar-refractivity contribution in [2.75, 3.05) is 47.9 Å². The van der Waals surface area contributed by atoms with Crippen LogP contribution in [0.1, 0.15) is 48.5 Å². The number of sulfone groups is 1. The first-order chi connectivity index (χ1) is 14.9. The molecule has 0 aliphatic carbocycles. The van der Waals surface area contributed by atoms with E-state index in [9.17, 15) is 8.42 Å². The van der Waals surface area contributed by atoms with Crippen LogP contribution in [0.25, 0.3) is 0 Å². The normalized spacial score (nSPS) is 23.2. The summed E-state index contributed by atoms with van der Waals surface area (Å²) >= 11 is 0. The summed E-state index contributed by atoms with van der Waals surface area (Å²) in [5.41, 5.74) is 4.25. The van der Waals surface area contributed by atoms with Gasteiger partial charge in [-0.05, 0) is 62.9 Å². The fourth-order valence-electron chi connectivity index (χ4n) is 4.84. The number of aromatic nitrogens is 2. The number of nitrogens with zero attached hydrogens (tertiary/aromatic N) is 3. The van der Waals surface area contributed by atoms with Crippen molar-refractivity contribution >= 4 is 27.2 Å². The van der Waals surface area contributed by atoms with Crippen molar-refractivity contribution in [3.63, 3.8) is 0 Å². The summed E-state index contributed by atoms with van der Waals surface area (Å²) in [7, 11) is -2.97. The molecular formula is C22H29N5O3S. The summed E-state index contributed by atoms with van der Waals surface area (Å²) in [5, 5.41) is 6.95. The fraction of sp³-hybridized carbons (Fsp3) is 0.545. The highest BCUT2D eigenvalue weighted by molar-refractivity contribution is 7.91. The van der Waals surface area contributed by atoms with Gasteiger partial charge in [-0.2, -0.15) is 0 Å². The van der Waals surface area contributed by atoms with Gasteiger partial charge in [-0.15, -0.1) is 0 Å². The Kier molecular flexibility index (Phi) is 5.26. The average molecular weight is 444 g/mol. The van der Waals surface area contributed by atoms with Gasteiger partial charge in [-0.1, -0.05) is 6.07 Å². The standard InChI is InChI=1S/C22H29N5O3S/c1-14-11-17(16-3-5-23-6-4-16)12-18-20(14)30-15(2)19-21(26-18)24-13-25-22(19)27-7-9-31(28,29)10-8-27/h11-13,15-16,23H,3-10H2,1-2H3,(H,24,25,26)/t15-/m1/s1. The van der Waals surface area contributed by atoms with Crippen molar-refractivity contribution in [2.24, 2.45) is 0 Å². The Morgan fingerprint density at radius 1 is 1.13 bits per heavy atom. The maximum absolute atomic E-state index is 11.9. The summed E-state index contributed by atoms with van der Waals surface area (Å²) in [4.78, 5) is 11.1. The summed E-state index contributed by atoms with van der Waals surface area (Å²) in [6, 6.07) is 4.46. The van der Waals surface area contributed by atoms with Gasteiger partial charge in [0.2, 0.25) is 0 Å². The first-order valence-corrected chi connectivity index (χ1v) is 12.8. The molecule has 1 aromatic heterocycles. The van der Waals surface area contributed by atoms with Gasteiger partial charge in [-0.3, -0.25) is 0 Å². The van der Waals surface area contributed by atoms with E-state index in [2.05, 4.69) is 39.7 Å². The molecule has 2 aromatic rings. The Hall–Kier alpha value is -2.39. The monoisotopic (exact) mass is 443 g/mol. The molecule has 8 nitrogen and oxygen atoms in total. The molecule has 2 N–H and O–H groups in total. The van der Waals surface area contributed by atoms with E-state index in [1.165, 1.54) is 5.56 Å². The third kappa shape index (κ3) is 3.96. The van der Waals surface area contributed by atoms with Crippen LogP contribution in [0.2, 0.25) is 0 Å². The van der Waals surface area contributed by atoms with Crippen LogP contribution in [0.4, 0.5) is 17.3 Å². The Morgan fingerprint density at radius 2 is 1.87 bits per heavy atom. The number of aryl methyl sites for hydroxylation is 1. The van der Waals surface area contributed by atoms with Crippen molar-refractivity contribution < 1.29 is 13.2 Å². The Bertz CT molecular complexity index is 1080. The maximum atomic E-state index is 11.9. The number of fused-ring (bicyclic) bond motifs is 2. The zero-order valence-electron chi connectivity index (χ0n) is 18.0. The first-order valence-electron chi connectivity index (χ1n) is 11.0. The van der Waals surface area contributed by atoms with E-state index in [4.69, 9.17) is 4.74 Å². The molecule has 0 unspecified atom stereocenters.